The van der Waals surface area contributed by atoms with Crippen LogP contribution in [0.4, 0.5) is 0 Å². The third-order valence-electron chi connectivity index (χ3n) is 21.1. The molecule has 2 aromatic heterocycles. The van der Waals surface area contributed by atoms with E-state index >= 15 is 9.59 Å². The number of carbonyl (C=O) groups is 14. The van der Waals surface area contributed by atoms with Crippen molar-refractivity contribution in [3.8, 4) is 11.5 Å². The van der Waals surface area contributed by atoms with E-state index in [1.54, 1.807) is 144 Å². The lowest BCUT2D eigenvalue weighted by molar-refractivity contribution is -0.143. The Morgan fingerprint density at radius 3 is 1.62 bits per heavy atom. The number of carboxylic acids is 1. The molecular weight excluding hydrogens is 1520 g/mol. The molecule has 7 heterocycles. The number of para-hydroxylation sites is 2. The number of aromatic nitrogens is 2. The summed E-state index contributed by atoms with van der Waals surface area (Å²) in [6, 6.07) is 20.6. The maximum absolute atomic E-state index is 15.4. The fourth-order valence-corrected chi connectivity index (χ4v) is 15.7. The van der Waals surface area contributed by atoms with E-state index in [9.17, 15) is 67.7 Å². The predicted octanol–water partition coefficient (Wildman–Crippen LogP) is 3.86. The van der Waals surface area contributed by atoms with Crippen molar-refractivity contribution in [3.05, 3.63) is 167 Å². The minimum Gasteiger partial charge on any atom is -0.489 e. The van der Waals surface area contributed by atoms with Crippen molar-refractivity contribution < 1.29 is 86.8 Å². The quantitative estimate of drug-likeness (QED) is 0.0729. The van der Waals surface area contributed by atoms with Crippen molar-refractivity contribution >= 4 is 116 Å². The topological polar surface area (TPSA) is 467 Å². The number of ketones is 2. The van der Waals surface area contributed by atoms with Gasteiger partial charge in [-0.2, -0.15) is 11.8 Å². The molecule has 5 aromatic carbocycles. The molecule has 1 fully saturated rings. The zero-order chi connectivity index (χ0) is 84.3. The summed E-state index contributed by atoms with van der Waals surface area (Å²) in [5, 5.41) is 46.7. The minimum absolute atomic E-state index is 0.000220. The number of rotatable bonds is 13. The molecule has 1 saturated heterocycles. The predicted molar refractivity (Wildman–Crippen MR) is 434 cm³/mol. The molecule has 7 aromatic rings. The van der Waals surface area contributed by atoms with E-state index in [0.717, 1.165) is 0 Å². The summed E-state index contributed by atoms with van der Waals surface area (Å²) in [4.78, 5) is 207. The monoisotopic (exact) mass is 1630 g/mol. The summed E-state index contributed by atoms with van der Waals surface area (Å²) < 4.78 is 12.7. The first-order valence-corrected chi connectivity index (χ1v) is 40.5. The molecule has 117 heavy (non-hydrogen) atoms. The molecule has 5 aliphatic rings. The minimum atomic E-state index is -1.90. The third-order valence-corrected chi connectivity index (χ3v) is 22.2. The third kappa shape index (κ3) is 23.9. The number of carbonyl (C=O) groups excluding carboxylic acids is 13. The van der Waals surface area contributed by atoms with Crippen LogP contribution in [0, 0.1) is 23.7 Å². The number of nitrogens with two attached hydrogens (primary N) is 1. The highest BCUT2D eigenvalue weighted by Crippen LogP contribution is 2.28. The van der Waals surface area contributed by atoms with Gasteiger partial charge in [-0.3, -0.25) is 62.3 Å². The van der Waals surface area contributed by atoms with Crippen LogP contribution in [0.25, 0.3) is 21.8 Å². The fraction of sp³-hybridized carbons (Fsp3) is 0.435. The standard InChI is InChI=1S/C85H103N13O18S/c1-8-54-36-70(101)75(48(7)100)97-78(107)55(28-47(6)99)32-49-19-23-58(24-20-49)115-41-51-29-52-31-53(30-51)43-117-44-68(94-77(54)106)82(111)92-66(35-57-39-88-63-17-12-10-15-61(57)63)81(110)95-73(45(2)3)84(113)93-67(37-72(103)104)79(108)89-40-71(102)90-65(34-56-38-87-62-16-11-9-14-60(56)62)80(109)96-74(46(4)5)85(114)98-27-13-18-69(98)83(112)91-64(76(86)105)33-50-21-25-59(26-22-50)116-42-52/h9-12,14-17,19-26,29-31,38-39,45-46,48,54-55,64-69,73-75,87-88,100H,8,13,18,27-28,32-37,40-44H2,1-7H3,(H2,86,105)(H,89,108)(H,90,102)(H,91,112)(H,92,111)(H,93,113)(H,94,106)(H,95,110)(H,96,109)(H,97,107)(H,103,104). The normalized spacial score (nSPS) is 23.8. The van der Waals surface area contributed by atoms with Gasteiger partial charge in [0.05, 0.1) is 19.1 Å². The fourth-order valence-electron chi connectivity index (χ4n) is 14.7. The van der Waals surface area contributed by atoms with Crippen molar-refractivity contribution in [2.24, 2.45) is 29.4 Å². The lowest BCUT2D eigenvalue weighted by Gasteiger charge is -2.32. The van der Waals surface area contributed by atoms with E-state index in [4.69, 9.17) is 15.2 Å². The van der Waals surface area contributed by atoms with Gasteiger partial charge in [-0.05, 0) is 133 Å². The van der Waals surface area contributed by atoms with Crippen LogP contribution in [0.2, 0.25) is 0 Å². The number of nitrogens with zero attached hydrogens (tertiary/aromatic N) is 1. The number of fused-ring (bicyclic) bond motifs is 38. The van der Waals surface area contributed by atoms with E-state index in [1.807, 2.05) is 18.2 Å². The zero-order valence-corrected chi connectivity index (χ0v) is 67.2. The molecule has 12 rings (SSSR count). The van der Waals surface area contributed by atoms with E-state index in [0.29, 0.717) is 78.7 Å². The number of primary amides is 1. The number of hydrogen-bond acceptors (Lipinski definition) is 18. The highest BCUT2D eigenvalue weighted by atomic mass is 32.2. The summed E-state index contributed by atoms with van der Waals surface area (Å²) in [5.74, 6) is -14.7. The van der Waals surface area contributed by atoms with Crippen molar-refractivity contribution in [1.82, 2.24) is 62.7 Å². The molecule has 0 aliphatic carbocycles. The Morgan fingerprint density at radius 2 is 1.08 bits per heavy atom. The van der Waals surface area contributed by atoms with Gasteiger partial charge in [-0.15, -0.1) is 0 Å². The summed E-state index contributed by atoms with van der Waals surface area (Å²) in [6.07, 6.45) is 0.272. The van der Waals surface area contributed by atoms with Gasteiger partial charge in [0.15, 0.2) is 5.78 Å². The Kier molecular flexibility index (Phi) is 30.3. The molecule has 31 nitrogen and oxygen atoms in total. The molecule has 0 spiro atoms. The van der Waals surface area contributed by atoms with Crippen molar-refractivity contribution in [2.45, 2.75) is 192 Å². The molecule has 12 atom stereocenters. The van der Waals surface area contributed by atoms with Crippen molar-refractivity contribution in [1.29, 1.82) is 0 Å². The molecular formula is C85H103N13O18S. The summed E-state index contributed by atoms with van der Waals surface area (Å²) in [7, 11) is 0. The summed E-state index contributed by atoms with van der Waals surface area (Å²) >= 11 is 1.22. The Morgan fingerprint density at radius 1 is 0.547 bits per heavy atom. The van der Waals surface area contributed by atoms with Gasteiger partial charge in [-0.25, -0.2) is 0 Å². The second kappa shape index (κ2) is 40.6. The lowest BCUT2D eigenvalue weighted by atomic mass is 9.91. The highest BCUT2D eigenvalue weighted by Gasteiger charge is 2.42. The van der Waals surface area contributed by atoms with Gasteiger partial charge in [0, 0.05) is 96.2 Å². The first kappa shape index (κ1) is 87.5. The Labute approximate surface area is 680 Å². The molecule has 12 unspecified atom stereocenters. The van der Waals surface area contributed by atoms with Crippen LogP contribution < -0.4 is 63.1 Å². The Bertz CT molecular complexity index is 4810. The number of carboxylic acid groups (broad SMARTS) is 1. The first-order chi connectivity index (χ1) is 55.9. The number of aliphatic carboxylic acids is 1. The van der Waals surface area contributed by atoms with Crippen LogP contribution in [-0.4, -0.2) is 187 Å². The van der Waals surface area contributed by atoms with Crippen LogP contribution in [0.1, 0.15) is 126 Å². The number of hydrogen-bond donors (Lipinski definition) is 14. The van der Waals surface area contributed by atoms with Crippen LogP contribution >= 0.6 is 11.8 Å². The summed E-state index contributed by atoms with van der Waals surface area (Å²) in [5.41, 5.74) is 11.8. The van der Waals surface area contributed by atoms with Crippen molar-refractivity contribution in [2.75, 3.05) is 18.8 Å². The number of benzene rings is 5. The molecule has 5 aliphatic heterocycles. The zero-order valence-electron chi connectivity index (χ0n) is 66.4. The van der Waals surface area contributed by atoms with Gasteiger partial charge in [0.1, 0.15) is 84.9 Å². The lowest BCUT2D eigenvalue weighted by Crippen LogP contribution is -2.61. The number of aliphatic hydroxyl groups is 1. The number of nitrogens with one attached hydrogen (secondary N) is 11. The Balaban J connectivity index is 1.01. The number of aromatic amines is 2. The second-order valence-corrected chi connectivity index (χ2v) is 31.9. The molecule has 622 valence electrons. The number of thioether (sulfide) groups is 1. The van der Waals surface area contributed by atoms with E-state index in [-0.39, 0.29) is 82.0 Å². The van der Waals surface area contributed by atoms with Gasteiger partial charge >= 0.3 is 5.97 Å². The Hall–Kier alpha value is -11.9. The van der Waals surface area contributed by atoms with E-state index in [1.165, 1.54) is 30.5 Å². The molecule has 8 bridgehead atoms. The van der Waals surface area contributed by atoms with E-state index < -0.39 is 180 Å². The van der Waals surface area contributed by atoms with Gasteiger partial charge in [0.2, 0.25) is 65.0 Å². The number of ether oxygens (including phenoxy) is 2. The average Bonchev–Trinajstić information content (AvgIpc) is 1.65. The second-order valence-electron chi connectivity index (χ2n) is 30.9. The molecule has 15 N–H and O–H groups in total. The number of H-pyrrole nitrogens is 2. The maximum Gasteiger partial charge on any atom is 0.305 e. The first-order valence-electron chi connectivity index (χ1n) is 39.3. The van der Waals surface area contributed by atoms with Crippen molar-refractivity contribution in [3.63, 3.8) is 0 Å². The average molecular weight is 1630 g/mol. The summed E-state index contributed by atoms with van der Waals surface area (Å²) in [6.45, 7) is 10.0. The maximum atomic E-state index is 15.4. The molecule has 32 heteroatoms. The number of Topliss-reactive ketones (excluding diaryl/α,β-unsaturated/α-hetero) is 2. The van der Waals surface area contributed by atoms with Gasteiger partial charge < -0.3 is 92.9 Å². The van der Waals surface area contributed by atoms with Crippen LogP contribution in [-0.2, 0) is 112 Å². The largest absolute Gasteiger partial charge is 0.489 e. The number of amides is 11. The van der Waals surface area contributed by atoms with Gasteiger partial charge in [0.25, 0.3) is 0 Å². The van der Waals surface area contributed by atoms with Crippen LogP contribution in [0.15, 0.2) is 128 Å². The molecule has 0 saturated carbocycles. The van der Waals surface area contributed by atoms with Crippen LogP contribution in [0.3, 0.4) is 0 Å². The van der Waals surface area contributed by atoms with Gasteiger partial charge in [-0.1, -0.05) is 107 Å². The smallest absolute Gasteiger partial charge is 0.305 e. The highest BCUT2D eigenvalue weighted by molar-refractivity contribution is 7.98. The van der Waals surface area contributed by atoms with E-state index in [2.05, 4.69) is 57.8 Å². The molecule has 0 radical (unpaired) electrons. The SMILES string of the molecule is CCC1CC(=O)C(C(C)O)NC(=O)C(CC(C)=O)Cc2ccc(cc2)OCc2cc3cc(c2)CSCC(NC1=O)C(=O)NC(Cc1c[nH]c2ccccc12)C(=O)NC(C(C)C)C(=O)NC(CC(=O)O)C(=O)NCC(=O)NC(Cc1c[nH]c2ccccc12)C(=O)NC(C(C)C)C(=O)N1CCCC1C(=O)NC(C(N)=O)Cc1ccc(cc1)OC3. The van der Waals surface area contributed by atoms with Crippen LogP contribution in [0.5, 0.6) is 11.5 Å². The number of aliphatic hydroxyl groups excluding tert-OH is 1. The molecule has 11 amide bonds.